The maximum absolute atomic E-state index is 12.5. The van der Waals surface area contributed by atoms with Crippen molar-refractivity contribution in [2.24, 2.45) is 0 Å². The van der Waals surface area contributed by atoms with E-state index in [0.717, 1.165) is 12.3 Å². The first kappa shape index (κ1) is 11.9. The van der Waals surface area contributed by atoms with Crippen molar-refractivity contribution in [3.05, 3.63) is 36.2 Å². The number of nitrogens with zero attached hydrogens (tertiary/aromatic N) is 4. The Morgan fingerprint density at radius 2 is 2.06 bits per heavy atom. The molecule has 92 valence electrons. The van der Waals surface area contributed by atoms with E-state index in [1.54, 1.807) is 6.07 Å². The summed E-state index contributed by atoms with van der Waals surface area (Å²) in [6.45, 7) is 0. The van der Waals surface area contributed by atoms with Gasteiger partial charge in [-0.25, -0.2) is 9.97 Å². The smallest absolute Gasteiger partial charge is 0.396 e. The van der Waals surface area contributed by atoms with Crippen molar-refractivity contribution in [1.29, 1.82) is 5.26 Å². The molecule has 0 spiro atoms. The van der Waals surface area contributed by atoms with Gasteiger partial charge in [-0.1, -0.05) is 0 Å². The van der Waals surface area contributed by atoms with Crippen LogP contribution in [0.3, 0.4) is 0 Å². The lowest BCUT2D eigenvalue weighted by atomic mass is 10.2. The highest BCUT2D eigenvalue weighted by atomic mass is 19.4. The van der Waals surface area contributed by atoms with E-state index >= 15 is 0 Å². The maximum Gasteiger partial charge on any atom is 0.433 e. The lowest BCUT2D eigenvalue weighted by Crippen LogP contribution is -2.11. The second-order valence-corrected chi connectivity index (χ2v) is 3.36. The van der Waals surface area contributed by atoms with E-state index in [1.165, 1.54) is 17.0 Å². The van der Waals surface area contributed by atoms with E-state index in [9.17, 15) is 13.2 Å². The monoisotopic (exact) mass is 253 g/mol. The van der Waals surface area contributed by atoms with Crippen LogP contribution in [0.4, 0.5) is 18.9 Å². The van der Waals surface area contributed by atoms with Crippen LogP contribution < -0.4 is 5.73 Å². The van der Waals surface area contributed by atoms with Crippen molar-refractivity contribution in [2.75, 3.05) is 5.73 Å². The molecule has 0 bridgehead atoms. The van der Waals surface area contributed by atoms with E-state index in [1.807, 2.05) is 0 Å². The Bertz CT molecular complexity index is 623. The molecule has 2 rings (SSSR count). The number of aromatic nitrogens is 3. The van der Waals surface area contributed by atoms with Crippen LogP contribution in [0.5, 0.6) is 0 Å². The predicted octanol–water partition coefficient (Wildman–Crippen LogP) is 1.74. The molecule has 2 aromatic rings. The molecule has 0 saturated carbocycles. The van der Waals surface area contributed by atoms with Crippen molar-refractivity contribution < 1.29 is 13.2 Å². The summed E-state index contributed by atoms with van der Waals surface area (Å²) in [5, 5.41) is 8.78. The zero-order valence-electron chi connectivity index (χ0n) is 8.81. The molecule has 0 aliphatic carbocycles. The van der Waals surface area contributed by atoms with Gasteiger partial charge in [0.25, 0.3) is 0 Å². The van der Waals surface area contributed by atoms with Gasteiger partial charge < -0.3 is 5.73 Å². The third kappa shape index (κ3) is 1.98. The van der Waals surface area contributed by atoms with Crippen molar-refractivity contribution in [3.8, 4) is 11.8 Å². The number of nitrogens with two attached hydrogens (primary N) is 1. The second-order valence-electron chi connectivity index (χ2n) is 3.36. The minimum atomic E-state index is -4.57. The first-order valence-corrected chi connectivity index (χ1v) is 4.70. The van der Waals surface area contributed by atoms with E-state index in [2.05, 4.69) is 9.97 Å². The molecule has 18 heavy (non-hydrogen) atoms. The van der Waals surface area contributed by atoms with E-state index in [-0.39, 0.29) is 17.2 Å². The molecule has 0 aromatic carbocycles. The lowest BCUT2D eigenvalue weighted by Gasteiger charge is -2.11. The standard InChI is InChI=1S/C10H6F3N5/c11-10(12,13)8-3-7(6(15)5-17-8)18-2-1-16-9(18)4-14/h1-3,5H,15H2. The van der Waals surface area contributed by atoms with Crippen LogP contribution >= 0.6 is 0 Å². The minimum Gasteiger partial charge on any atom is -0.396 e. The van der Waals surface area contributed by atoms with Crippen molar-refractivity contribution >= 4 is 5.69 Å². The van der Waals surface area contributed by atoms with Crippen molar-refractivity contribution in [1.82, 2.24) is 14.5 Å². The summed E-state index contributed by atoms with van der Waals surface area (Å²) in [6, 6.07) is 2.53. The van der Waals surface area contributed by atoms with E-state index < -0.39 is 11.9 Å². The fourth-order valence-electron chi connectivity index (χ4n) is 1.40. The fraction of sp³-hybridized carbons (Fsp3) is 0.100. The van der Waals surface area contributed by atoms with Gasteiger partial charge in [0.1, 0.15) is 11.8 Å². The highest BCUT2D eigenvalue weighted by molar-refractivity contribution is 5.58. The SMILES string of the molecule is N#Cc1nccn1-c1cc(C(F)(F)F)ncc1N. The Morgan fingerprint density at radius 3 is 2.67 bits per heavy atom. The summed E-state index contributed by atoms with van der Waals surface area (Å²) in [4.78, 5) is 6.90. The number of imidazole rings is 1. The molecule has 0 saturated heterocycles. The van der Waals surface area contributed by atoms with Crippen molar-refractivity contribution in [2.45, 2.75) is 6.18 Å². The number of nitrogen functional groups attached to an aromatic ring is 1. The third-order valence-electron chi connectivity index (χ3n) is 2.20. The second kappa shape index (κ2) is 4.03. The van der Waals surface area contributed by atoms with Gasteiger partial charge in [0.15, 0.2) is 0 Å². The molecule has 2 heterocycles. The van der Waals surface area contributed by atoms with Crippen LogP contribution in [0, 0.1) is 11.3 Å². The van der Waals surface area contributed by atoms with Crippen LogP contribution in [-0.4, -0.2) is 14.5 Å². The molecule has 2 N–H and O–H groups in total. The van der Waals surface area contributed by atoms with Gasteiger partial charge in [-0.05, 0) is 6.07 Å². The lowest BCUT2D eigenvalue weighted by molar-refractivity contribution is -0.141. The number of pyridine rings is 1. The molecule has 0 fully saturated rings. The fourth-order valence-corrected chi connectivity index (χ4v) is 1.40. The van der Waals surface area contributed by atoms with Crippen molar-refractivity contribution in [3.63, 3.8) is 0 Å². The first-order chi connectivity index (χ1) is 8.43. The average Bonchev–Trinajstić information content (AvgIpc) is 2.76. The highest BCUT2D eigenvalue weighted by Crippen LogP contribution is 2.30. The summed E-state index contributed by atoms with van der Waals surface area (Å²) in [7, 11) is 0. The zero-order valence-corrected chi connectivity index (χ0v) is 8.81. The predicted molar refractivity (Wildman–Crippen MR) is 55.5 cm³/mol. The Morgan fingerprint density at radius 1 is 1.33 bits per heavy atom. The number of halogens is 3. The molecule has 2 aromatic heterocycles. The number of nitriles is 1. The average molecular weight is 253 g/mol. The highest BCUT2D eigenvalue weighted by Gasteiger charge is 2.33. The topological polar surface area (TPSA) is 80.5 Å². The van der Waals surface area contributed by atoms with Crippen LogP contribution in [0.15, 0.2) is 24.7 Å². The van der Waals surface area contributed by atoms with Gasteiger partial charge >= 0.3 is 6.18 Å². The summed E-state index contributed by atoms with van der Waals surface area (Å²) in [5.74, 6) is -0.0546. The molecule has 0 radical (unpaired) electrons. The van der Waals surface area contributed by atoms with Gasteiger partial charge in [0.05, 0.1) is 17.6 Å². The summed E-state index contributed by atoms with van der Waals surface area (Å²) >= 11 is 0. The maximum atomic E-state index is 12.5. The normalized spacial score (nSPS) is 11.2. The molecule has 0 amide bonds. The number of rotatable bonds is 1. The van der Waals surface area contributed by atoms with Crippen LogP contribution in [0.2, 0.25) is 0 Å². The minimum absolute atomic E-state index is 0.0198. The number of anilines is 1. The summed E-state index contributed by atoms with van der Waals surface area (Å²) in [5.41, 5.74) is 4.53. The first-order valence-electron chi connectivity index (χ1n) is 4.70. The van der Waals surface area contributed by atoms with Crippen LogP contribution in [-0.2, 0) is 6.18 Å². The van der Waals surface area contributed by atoms with E-state index in [4.69, 9.17) is 11.0 Å². The Hall–Kier alpha value is -2.56. The molecular weight excluding hydrogens is 247 g/mol. The number of alkyl halides is 3. The van der Waals surface area contributed by atoms with Gasteiger partial charge in [0.2, 0.25) is 5.82 Å². The zero-order chi connectivity index (χ0) is 13.3. The van der Waals surface area contributed by atoms with E-state index in [0.29, 0.717) is 0 Å². The van der Waals surface area contributed by atoms with Gasteiger partial charge in [0, 0.05) is 12.4 Å². The molecular formula is C10H6F3N5. The number of hydrogen-bond donors (Lipinski definition) is 1. The van der Waals surface area contributed by atoms with Crippen LogP contribution in [0.1, 0.15) is 11.5 Å². The molecule has 0 aliphatic heterocycles. The summed E-state index contributed by atoms with van der Waals surface area (Å²) < 4.78 is 38.8. The summed E-state index contributed by atoms with van der Waals surface area (Å²) in [6.07, 6.45) is -1.02. The number of hydrogen-bond acceptors (Lipinski definition) is 4. The molecule has 8 heteroatoms. The molecule has 5 nitrogen and oxygen atoms in total. The largest absolute Gasteiger partial charge is 0.433 e. The molecule has 0 atom stereocenters. The van der Waals surface area contributed by atoms with Gasteiger partial charge in [-0.3, -0.25) is 4.57 Å². The van der Waals surface area contributed by atoms with Gasteiger partial charge in [-0.15, -0.1) is 0 Å². The Labute approximate surface area is 99.3 Å². The quantitative estimate of drug-likeness (QED) is 0.839. The third-order valence-corrected chi connectivity index (χ3v) is 2.20. The Kier molecular flexibility index (Phi) is 2.67. The Balaban J connectivity index is 2.62. The van der Waals surface area contributed by atoms with Gasteiger partial charge in [-0.2, -0.15) is 18.4 Å². The molecule has 0 aliphatic rings. The molecule has 0 unspecified atom stereocenters. The van der Waals surface area contributed by atoms with Crippen LogP contribution in [0.25, 0.3) is 5.69 Å².